The molecule has 136 valence electrons. The summed E-state index contributed by atoms with van der Waals surface area (Å²) in [6.45, 7) is 4.61. The van der Waals surface area contributed by atoms with Crippen LogP contribution in [0.1, 0.15) is 123 Å². The Bertz CT molecular complexity index is 265. The zero-order valence-corrected chi connectivity index (χ0v) is 16.3. The minimum atomic E-state index is 1.11. The van der Waals surface area contributed by atoms with Crippen LogP contribution in [0.3, 0.4) is 0 Å². The predicted molar refractivity (Wildman–Crippen MR) is 106 cm³/mol. The van der Waals surface area contributed by atoms with Crippen LogP contribution in [-0.2, 0) is 0 Å². The summed E-state index contributed by atoms with van der Waals surface area (Å²) in [7, 11) is 0. The molecule has 1 aliphatic carbocycles. The molecule has 0 amide bonds. The molecule has 0 heterocycles. The first-order valence-electron chi connectivity index (χ1n) is 11.0. The predicted octanol–water partition coefficient (Wildman–Crippen LogP) is 8.46. The summed E-state index contributed by atoms with van der Waals surface area (Å²) in [5, 5.41) is 0. The summed E-state index contributed by atoms with van der Waals surface area (Å²) in [5.41, 5.74) is 0. The van der Waals surface area contributed by atoms with Crippen LogP contribution in [-0.4, -0.2) is 0 Å². The van der Waals surface area contributed by atoms with Gasteiger partial charge in [-0.15, -0.1) is 0 Å². The maximum absolute atomic E-state index is 2.42. The standard InChI is InChI=1S/C23H44/c1-3-5-7-8-9-10-11-12-13-14-15-16-17-19-23-21-20-22(23)18-6-4-2/h9-10,22-23H,3-8,11-21H2,1-2H3. The van der Waals surface area contributed by atoms with Crippen LogP contribution in [0.5, 0.6) is 0 Å². The largest absolute Gasteiger partial charge is 0.0885 e. The highest BCUT2D eigenvalue weighted by atomic mass is 14.3. The molecule has 0 N–H and O–H groups in total. The van der Waals surface area contributed by atoms with Gasteiger partial charge in [-0.3, -0.25) is 0 Å². The van der Waals surface area contributed by atoms with E-state index >= 15 is 0 Å². The van der Waals surface area contributed by atoms with E-state index in [1.54, 1.807) is 6.42 Å². The van der Waals surface area contributed by atoms with Crippen LogP contribution in [0.2, 0.25) is 0 Å². The van der Waals surface area contributed by atoms with Crippen molar-refractivity contribution in [3.8, 4) is 0 Å². The summed E-state index contributed by atoms with van der Waals surface area (Å²) >= 11 is 0. The van der Waals surface area contributed by atoms with Crippen molar-refractivity contribution in [2.75, 3.05) is 0 Å². The Hall–Kier alpha value is -0.260. The average molecular weight is 321 g/mol. The van der Waals surface area contributed by atoms with Gasteiger partial charge in [-0.25, -0.2) is 0 Å². The average Bonchev–Trinajstić information content (AvgIpc) is 2.54. The van der Waals surface area contributed by atoms with Crippen molar-refractivity contribution < 1.29 is 0 Å². The molecule has 0 aliphatic heterocycles. The van der Waals surface area contributed by atoms with Crippen molar-refractivity contribution in [3.05, 3.63) is 12.2 Å². The number of allylic oxidation sites excluding steroid dienone is 2. The van der Waals surface area contributed by atoms with E-state index in [0.29, 0.717) is 0 Å². The van der Waals surface area contributed by atoms with Gasteiger partial charge in [0.15, 0.2) is 0 Å². The van der Waals surface area contributed by atoms with Gasteiger partial charge in [0.2, 0.25) is 0 Å². The normalized spacial score (nSPS) is 21.0. The molecule has 2 unspecified atom stereocenters. The van der Waals surface area contributed by atoms with Crippen molar-refractivity contribution in [1.29, 1.82) is 0 Å². The second kappa shape index (κ2) is 15.3. The van der Waals surface area contributed by atoms with E-state index < -0.39 is 0 Å². The minimum absolute atomic E-state index is 1.11. The van der Waals surface area contributed by atoms with Gasteiger partial charge in [0, 0.05) is 0 Å². The van der Waals surface area contributed by atoms with Gasteiger partial charge < -0.3 is 0 Å². The molecular formula is C23H44. The van der Waals surface area contributed by atoms with Crippen molar-refractivity contribution in [2.45, 2.75) is 123 Å². The molecule has 1 rings (SSSR count). The van der Waals surface area contributed by atoms with Gasteiger partial charge >= 0.3 is 0 Å². The third-order valence-corrected chi connectivity index (χ3v) is 5.84. The molecule has 0 radical (unpaired) electrons. The molecule has 1 aliphatic rings. The Morgan fingerprint density at radius 1 is 0.565 bits per heavy atom. The lowest BCUT2D eigenvalue weighted by Gasteiger charge is -2.37. The molecule has 0 saturated heterocycles. The summed E-state index contributed by atoms with van der Waals surface area (Å²) in [5.74, 6) is 2.22. The van der Waals surface area contributed by atoms with Crippen LogP contribution >= 0.6 is 0 Å². The van der Waals surface area contributed by atoms with Gasteiger partial charge in [-0.2, -0.15) is 0 Å². The van der Waals surface area contributed by atoms with E-state index in [1.807, 2.05) is 0 Å². The Morgan fingerprint density at radius 3 is 1.61 bits per heavy atom. The highest BCUT2D eigenvalue weighted by Crippen LogP contribution is 2.41. The van der Waals surface area contributed by atoms with E-state index in [0.717, 1.165) is 11.8 Å². The zero-order chi connectivity index (χ0) is 16.6. The molecule has 0 heteroatoms. The minimum Gasteiger partial charge on any atom is -0.0885 e. The topological polar surface area (TPSA) is 0 Å². The maximum atomic E-state index is 2.42. The zero-order valence-electron chi connectivity index (χ0n) is 16.3. The fourth-order valence-corrected chi connectivity index (χ4v) is 3.99. The molecule has 0 nitrogen and oxygen atoms in total. The Labute approximate surface area is 147 Å². The lowest BCUT2D eigenvalue weighted by Crippen LogP contribution is -2.25. The molecule has 0 aromatic heterocycles. The van der Waals surface area contributed by atoms with Crippen LogP contribution in [0.4, 0.5) is 0 Å². The third kappa shape index (κ3) is 11.0. The molecule has 0 aromatic rings. The van der Waals surface area contributed by atoms with Crippen LogP contribution in [0.25, 0.3) is 0 Å². The van der Waals surface area contributed by atoms with E-state index in [9.17, 15) is 0 Å². The number of rotatable bonds is 16. The molecule has 1 saturated carbocycles. The van der Waals surface area contributed by atoms with Crippen LogP contribution in [0.15, 0.2) is 12.2 Å². The van der Waals surface area contributed by atoms with Gasteiger partial charge in [-0.1, -0.05) is 96.6 Å². The molecule has 23 heavy (non-hydrogen) atoms. The monoisotopic (exact) mass is 320 g/mol. The van der Waals surface area contributed by atoms with Crippen LogP contribution < -0.4 is 0 Å². The highest BCUT2D eigenvalue weighted by molar-refractivity contribution is 4.81. The van der Waals surface area contributed by atoms with Gasteiger partial charge in [-0.05, 0) is 50.4 Å². The van der Waals surface area contributed by atoms with Crippen molar-refractivity contribution in [1.82, 2.24) is 0 Å². The first-order chi connectivity index (χ1) is 11.4. The van der Waals surface area contributed by atoms with Gasteiger partial charge in [0.1, 0.15) is 0 Å². The molecular weight excluding hydrogens is 276 g/mol. The van der Waals surface area contributed by atoms with Gasteiger partial charge in [0.05, 0.1) is 0 Å². The molecule has 2 atom stereocenters. The summed E-state index contributed by atoms with van der Waals surface area (Å²) < 4.78 is 0. The van der Waals surface area contributed by atoms with Crippen LogP contribution in [0, 0.1) is 11.8 Å². The molecule has 1 fully saturated rings. The van der Waals surface area contributed by atoms with E-state index in [-0.39, 0.29) is 0 Å². The molecule has 0 bridgehead atoms. The Balaban J connectivity index is 1.78. The van der Waals surface area contributed by atoms with Crippen molar-refractivity contribution >= 4 is 0 Å². The fourth-order valence-electron chi connectivity index (χ4n) is 3.99. The van der Waals surface area contributed by atoms with E-state index in [4.69, 9.17) is 0 Å². The highest BCUT2D eigenvalue weighted by Gasteiger charge is 2.28. The smallest absolute Gasteiger partial charge is 0.0351 e. The SMILES string of the molecule is CCCCCC=CCCCCCCCCC1CCC1CCCC. The summed E-state index contributed by atoms with van der Waals surface area (Å²) in [6, 6.07) is 0. The maximum Gasteiger partial charge on any atom is -0.0351 e. The number of hydrogen-bond donors (Lipinski definition) is 0. The van der Waals surface area contributed by atoms with E-state index in [2.05, 4.69) is 26.0 Å². The lowest BCUT2D eigenvalue weighted by molar-refractivity contribution is 0.146. The third-order valence-electron chi connectivity index (χ3n) is 5.84. The fraction of sp³-hybridized carbons (Fsp3) is 0.913. The lowest BCUT2D eigenvalue weighted by atomic mass is 9.69. The number of hydrogen-bond acceptors (Lipinski definition) is 0. The Morgan fingerprint density at radius 2 is 1.04 bits per heavy atom. The summed E-state index contributed by atoms with van der Waals surface area (Å²) in [4.78, 5) is 0. The van der Waals surface area contributed by atoms with Gasteiger partial charge in [0.25, 0.3) is 0 Å². The molecule has 0 aromatic carbocycles. The second-order valence-electron chi connectivity index (χ2n) is 7.91. The Kier molecular flexibility index (Phi) is 13.8. The number of unbranched alkanes of at least 4 members (excludes halogenated alkanes) is 10. The second-order valence-corrected chi connectivity index (χ2v) is 7.91. The van der Waals surface area contributed by atoms with E-state index in [1.165, 1.54) is 103 Å². The van der Waals surface area contributed by atoms with Crippen molar-refractivity contribution in [2.24, 2.45) is 11.8 Å². The first kappa shape index (κ1) is 20.8. The first-order valence-corrected chi connectivity index (χ1v) is 11.0. The van der Waals surface area contributed by atoms with Crippen molar-refractivity contribution in [3.63, 3.8) is 0 Å². The molecule has 0 spiro atoms. The quantitative estimate of drug-likeness (QED) is 0.197. The summed E-state index contributed by atoms with van der Waals surface area (Å²) in [6.07, 6.45) is 29.3.